The molecule has 1 N–H and O–H groups in total. The predicted molar refractivity (Wildman–Crippen MR) is 118 cm³/mol. The first kappa shape index (κ1) is 21.6. The molecule has 2 aromatic carbocycles. The second-order valence-electron chi connectivity index (χ2n) is 9.04. The Bertz CT molecular complexity index is 1390. The first-order valence-corrected chi connectivity index (χ1v) is 11.3. The lowest BCUT2D eigenvalue weighted by molar-refractivity contribution is -0.119. The molecule has 1 aromatic heterocycles. The van der Waals surface area contributed by atoms with Gasteiger partial charge in [-0.1, -0.05) is 0 Å². The number of carbonyl (C=O) groups excluding carboxylic acids is 2. The highest BCUT2D eigenvalue weighted by molar-refractivity contribution is 5.93. The molecule has 178 valence electrons. The molecule has 3 aromatic rings. The number of anilines is 1. The second-order valence-corrected chi connectivity index (χ2v) is 9.04. The molecule has 1 unspecified atom stereocenters. The van der Waals surface area contributed by atoms with Crippen molar-refractivity contribution in [2.24, 2.45) is 5.92 Å². The summed E-state index contributed by atoms with van der Waals surface area (Å²) in [6, 6.07) is 8.44. The zero-order valence-corrected chi connectivity index (χ0v) is 18.3. The third kappa shape index (κ3) is 3.90. The Labute approximate surface area is 198 Å². The van der Waals surface area contributed by atoms with Crippen LogP contribution in [0.15, 0.2) is 42.6 Å². The summed E-state index contributed by atoms with van der Waals surface area (Å²) in [6.45, 7) is 0. The van der Waals surface area contributed by atoms with Gasteiger partial charge >= 0.3 is 0 Å². The minimum atomic E-state index is -1.28. The van der Waals surface area contributed by atoms with E-state index in [1.807, 2.05) is 12.1 Å². The number of rotatable bonds is 6. The quantitative estimate of drug-likeness (QED) is 0.511. The van der Waals surface area contributed by atoms with E-state index in [0.717, 1.165) is 22.9 Å². The normalized spacial score (nSPS) is 21.3. The molecule has 1 amide bonds. The van der Waals surface area contributed by atoms with Gasteiger partial charge in [-0.25, -0.2) is 18.2 Å². The number of halogens is 3. The SMILES string of the molecule is O=C(Cc1cc(F)c(F)cc1F)C[C@@H]1C2Oc3ccc(Oc4ccnc5c4CCC(=O)N5)cc3[C@H]21. The van der Waals surface area contributed by atoms with Crippen LogP contribution in [0, 0.1) is 23.4 Å². The zero-order valence-electron chi connectivity index (χ0n) is 18.3. The van der Waals surface area contributed by atoms with E-state index in [0.29, 0.717) is 36.2 Å². The lowest BCUT2D eigenvalue weighted by Crippen LogP contribution is -2.20. The lowest BCUT2D eigenvalue weighted by Gasteiger charge is -2.19. The number of carbonyl (C=O) groups is 2. The number of pyridine rings is 1. The van der Waals surface area contributed by atoms with Crippen molar-refractivity contribution in [2.45, 2.75) is 37.7 Å². The Morgan fingerprint density at radius 3 is 2.77 bits per heavy atom. The Morgan fingerprint density at radius 2 is 1.91 bits per heavy atom. The van der Waals surface area contributed by atoms with Gasteiger partial charge in [-0.15, -0.1) is 0 Å². The van der Waals surface area contributed by atoms with E-state index in [2.05, 4.69) is 10.3 Å². The van der Waals surface area contributed by atoms with E-state index >= 15 is 0 Å². The first-order valence-electron chi connectivity index (χ1n) is 11.3. The molecule has 0 bridgehead atoms. The number of benzene rings is 2. The van der Waals surface area contributed by atoms with Crippen molar-refractivity contribution in [3.8, 4) is 17.2 Å². The van der Waals surface area contributed by atoms with E-state index in [9.17, 15) is 22.8 Å². The Kier molecular flexibility index (Phi) is 5.01. The number of ketones is 1. The van der Waals surface area contributed by atoms with Crippen molar-refractivity contribution in [2.75, 3.05) is 5.32 Å². The van der Waals surface area contributed by atoms with E-state index < -0.39 is 17.5 Å². The van der Waals surface area contributed by atoms with Crippen LogP contribution in [-0.2, 0) is 22.4 Å². The minimum Gasteiger partial charge on any atom is -0.489 e. The van der Waals surface area contributed by atoms with Gasteiger partial charge < -0.3 is 14.8 Å². The highest BCUT2D eigenvalue weighted by atomic mass is 19.2. The monoisotopic (exact) mass is 480 g/mol. The number of aromatic nitrogens is 1. The van der Waals surface area contributed by atoms with Crippen LogP contribution >= 0.6 is 0 Å². The molecular formula is C26H19F3N2O4. The first-order chi connectivity index (χ1) is 16.9. The highest BCUT2D eigenvalue weighted by Gasteiger charge is 2.59. The van der Waals surface area contributed by atoms with Crippen molar-refractivity contribution < 1.29 is 32.2 Å². The van der Waals surface area contributed by atoms with Crippen LogP contribution in [0.1, 0.15) is 35.4 Å². The van der Waals surface area contributed by atoms with Crippen LogP contribution in [0.5, 0.6) is 17.2 Å². The van der Waals surface area contributed by atoms with Crippen molar-refractivity contribution >= 4 is 17.5 Å². The third-order valence-electron chi connectivity index (χ3n) is 6.74. The predicted octanol–water partition coefficient (Wildman–Crippen LogP) is 4.85. The average molecular weight is 480 g/mol. The maximum atomic E-state index is 13.9. The van der Waals surface area contributed by atoms with Gasteiger partial charge in [0.1, 0.15) is 40.8 Å². The molecule has 0 spiro atoms. The van der Waals surface area contributed by atoms with Gasteiger partial charge in [-0.3, -0.25) is 9.59 Å². The third-order valence-corrected chi connectivity index (χ3v) is 6.74. The number of nitrogens with one attached hydrogen (secondary N) is 1. The topological polar surface area (TPSA) is 77.5 Å². The summed E-state index contributed by atoms with van der Waals surface area (Å²) in [5.74, 6) is -1.36. The fourth-order valence-corrected chi connectivity index (χ4v) is 4.98. The summed E-state index contributed by atoms with van der Waals surface area (Å²) >= 11 is 0. The van der Waals surface area contributed by atoms with Crippen LogP contribution in [0.4, 0.5) is 19.0 Å². The van der Waals surface area contributed by atoms with Gasteiger partial charge in [0.25, 0.3) is 0 Å². The van der Waals surface area contributed by atoms with E-state index in [1.165, 1.54) is 0 Å². The summed E-state index contributed by atoms with van der Waals surface area (Å²) in [4.78, 5) is 28.4. The lowest BCUT2D eigenvalue weighted by atomic mass is 10.0. The summed E-state index contributed by atoms with van der Waals surface area (Å²) in [5.41, 5.74) is 1.61. The van der Waals surface area contributed by atoms with Crippen molar-refractivity contribution in [3.05, 3.63) is 76.7 Å². The van der Waals surface area contributed by atoms with Crippen molar-refractivity contribution in [1.82, 2.24) is 4.98 Å². The van der Waals surface area contributed by atoms with Crippen LogP contribution in [-0.4, -0.2) is 22.8 Å². The van der Waals surface area contributed by atoms with E-state index in [1.54, 1.807) is 18.3 Å². The van der Waals surface area contributed by atoms with Gasteiger partial charge in [-0.05, 0) is 42.3 Å². The van der Waals surface area contributed by atoms with E-state index in [-0.39, 0.29) is 48.0 Å². The number of Topliss-reactive ketones (excluding diaryl/α,β-unsaturated/α-hetero) is 1. The van der Waals surface area contributed by atoms with Gasteiger partial charge in [0, 0.05) is 54.5 Å². The molecule has 2 aliphatic heterocycles. The van der Waals surface area contributed by atoms with Gasteiger partial charge in [0.15, 0.2) is 11.6 Å². The number of hydrogen-bond acceptors (Lipinski definition) is 5. The molecular weight excluding hydrogens is 461 g/mol. The van der Waals surface area contributed by atoms with Crippen LogP contribution < -0.4 is 14.8 Å². The number of amides is 1. The Balaban J connectivity index is 1.15. The second kappa shape index (κ2) is 8.11. The van der Waals surface area contributed by atoms with Crippen LogP contribution in [0.2, 0.25) is 0 Å². The molecule has 3 aliphatic rings. The molecule has 3 heterocycles. The van der Waals surface area contributed by atoms with Gasteiger partial charge in [-0.2, -0.15) is 0 Å². The summed E-state index contributed by atoms with van der Waals surface area (Å²) in [7, 11) is 0. The van der Waals surface area contributed by atoms with Crippen molar-refractivity contribution in [1.29, 1.82) is 0 Å². The molecule has 9 heteroatoms. The summed E-state index contributed by atoms with van der Waals surface area (Å²) < 4.78 is 52.5. The molecule has 0 saturated heterocycles. The fourth-order valence-electron chi connectivity index (χ4n) is 4.98. The molecule has 1 saturated carbocycles. The zero-order chi connectivity index (χ0) is 24.3. The maximum absolute atomic E-state index is 13.9. The molecule has 6 rings (SSSR count). The standard InChI is InChI=1S/C26H19F3N2O4/c27-18-11-20(29)19(28)8-12(18)7-13(32)9-17-24-16-10-14(1-3-21(16)35-25(17)24)34-22-5-6-30-26-15(22)2-4-23(33)31-26/h1,3,5-6,8,10-11,17,24-25H,2,4,7,9H2,(H,30,31,33)/t17-,24-,25?/m0/s1. The maximum Gasteiger partial charge on any atom is 0.225 e. The van der Waals surface area contributed by atoms with Crippen molar-refractivity contribution in [3.63, 3.8) is 0 Å². The molecule has 35 heavy (non-hydrogen) atoms. The number of ether oxygens (including phenoxy) is 2. The highest BCUT2D eigenvalue weighted by Crippen LogP contribution is 2.60. The molecule has 6 nitrogen and oxygen atoms in total. The fraction of sp³-hybridized carbons (Fsp3) is 0.269. The Morgan fingerprint density at radius 1 is 1.09 bits per heavy atom. The molecule has 0 radical (unpaired) electrons. The summed E-state index contributed by atoms with van der Waals surface area (Å²) in [5, 5.41) is 2.75. The number of nitrogens with zero attached hydrogens (tertiary/aromatic N) is 1. The molecule has 1 aliphatic carbocycles. The number of fused-ring (bicyclic) bond motifs is 4. The summed E-state index contributed by atoms with van der Waals surface area (Å²) in [6.07, 6.45) is 2.16. The smallest absolute Gasteiger partial charge is 0.225 e. The van der Waals surface area contributed by atoms with Crippen LogP contribution in [0.3, 0.4) is 0 Å². The molecule has 3 atom stereocenters. The molecule has 1 fully saturated rings. The minimum absolute atomic E-state index is 0.0120. The van der Waals surface area contributed by atoms with Gasteiger partial charge in [0.2, 0.25) is 5.91 Å². The van der Waals surface area contributed by atoms with Crippen LogP contribution in [0.25, 0.3) is 0 Å². The Hall–Kier alpha value is -3.88. The average Bonchev–Trinajstić information content (AvgIpc) is 3.33. The number of hydrogen-bond donors (Lipinski definition) is 1. The largest absolute Gasteiger partial charge is 0.489 e. The van der Waals surface area contributed by atoms with E-state index in [4.69, 9.17) is 9.47 Å². The van der Waals surface area contributed by atoms with Gasteiger partial charge in [0.05, 0.1) is 0 Å².